The van der Waals surface area contributed by atoms with Gasteiger partial charge in [0.15, 0.2) is 5.78 Å². The summed E-state index contributed by atoms with van der Waals surface area (Å²) in [5.74, 6) is -0.0406. The van der Waals surface area contributed by atoms with Gasteiger partial charge in [0.25, 0.3) is 0 Å². The van der Waals surface area contributed by atoms with E-state index in [2.05, 4.69) is 5.48 Å². The normalized spacial score (nSPS) is 10.5. The fourth-order valence-corrected chi connectivity index (χ4v) is 2.99. The summed E-state index contributed by atoms with van der Waals surface area (Å²) in [7, 11) is 1.49. The molecule has 4 nitrogen and oxygen atoms in total. The smallest absolute Gasteiger partial charge is 0.159 e. The second kappa shape index (κ2) is 8.01. The number of benzene rings is 3. The van der Waals surface area contributed by atoms with Gasteiger partial charge in [-0.3, -0.25) is 15.5 Å². The van der Waals surface area contributed by atoms with Crippen molar-refractivity contribution < 1.29 is 19.1 Å². The topological polar surface area (TPSA) is 58.6 Å². The fraction of sp³-hybridized carbons (Fsp3) is 0.136. The number of ether oxygens (including phenoxy) is 1. The Hall–Kier alpha value is -3.18. The molecule has 0 heterocycles. The van der Waals surface area contributed by atoms with Gasteiger partial charge in [-0.05, 0) is 47.9 Å². The maximum atomic E-state index is 15.4. The van der Waals surface area contributed by atoms with Crippen LogP contribution in [-0.4, -0.2) is 18.1 Å². The van der Waals surface area contributed by atoms with Crippen LogP contribution in [0.5, 0.6) is 5.75 Å². The summed E-state index contributed by atoms with van der Waals surface area (Å²) < 4.78 is 20.7. The van der Waals surface area contributed by atoms with E-state index in [-0.39, 0.29) is 11.6 Å². The van der Waals surface area contributed by atoms with Crippen LogP contribution in [0.1, 0.15) is 28.4 Å². The van der Waals surface area contributed by atoms with Crippen LogP contribution in [0.25, 0.3) is 11.1 Å². The molecule has 3 rings (SSSR count). The summed E-state index contributed by atoms with van der Waals surface area (Å²) in [6, 6.07) is 17.4. The van der Waals surface area contributed by atoms with Gasteiger partial charge in [-0.15, -0.1) is 0 Å². The molecule has 0 saturated carbocycles. The molecule has 27 heavy (non-hydrogen) atoms. The first kappa shape index (κ1) is 18.6. The summed E-state index contributed by atoms with van der Waals surface area (Å²) in [6.45, 7) is 1.48. The number of nitrogens with one attached hydrogen (secondary N) is 1. The van der Waals surface area contributed by atoms with E-state index in [4.69, 9.17) is 9.94 Å². The average Bonchev–Trinajstić information content (AvgIpc) is 2.70. The number of rotatable bonds is 6. The van der Waals surface area contributed by atoms with E-state index in [1.165, 1.54) is 14.0 Å². The van der Waals surface area contributed by atoms with Crippen molar-refractivity contribution in [3.8, 4) is 16.9 Å². The van der Waals surface area contributed by atoms with E-state index in [9.17, 15) is 4.79 Å². The molecule has 0 saturated heterocycles. The molecule has 3 aromatic carbocycles. The van der Waals surface area contributed by atoms with Gasteiger partial charge in [0.05, 0.1) is 18.4 Å². The van der Waals surface area contributed by atoms with E-state index in [0.29, 0.717) is 40.1 Å². The van der Waals surface area contributed by atoms with Gasteiger partial charge in [0.1, 0.15) is 11.6 Å². The molecule has 0 aliphatic rings. The molecule has 0 aromatic heterocycles. The lowest BCUT2D eigenvalue weighted by atomic mass is 9.95. The van der Waals surface area contributed by atoms with Crippen molar-refractivity contribution in [1.82, 2.24) is 0 Å². The van der Waals surface area contributed by atoms with Crippen LogP contribution in [-0.2, 0) is 6.42 Å². The standard InChI is InChI=1S/C22H20FNO3/c1-14(25)16-4-3-5-17(13-16)21-20(27-2)11-8-18(22(21)23)12-15-6-9-19(24-26)10-7-15/h3-11,13,24,26H,12H2,1-2H3. The molecule has 0 unspecified atom stereocenters. The Balaban J connectivity index is 2.04. The largest absolute Gasteiger partial charge is 0.496 e. The van der Waals surface area contributed by atoms with E-state index in [1.54, 1.807) is 48.5 Å². The molecule has 2 N–H and O–H groups in total. The first-order valence-corrected chi connectivity index (χ1v) is 8.49. The van der Waals surface area contributed by atoms with Crippen molar-refractivity contribution >= 4 is 11.5 Å². The summed E-state index contributed by atoms with van der Waals surface area (Å²) in [5, 5.41) is 8.90. The lowest BCUT2D eigenvalue weighted by molar-refractivity contribution is 0.101. The van der Waals surface area contributed by atoms with Gasteiger partial charge < -0.3 is 4.74 Å². The van der Waals surface area contributed by atoms with E-state index in [0.717, 1.165) is 5.56 Å². The highest BCUT2D eigenvalue weighted by Crippen LogP contribution is 2.35. The van der Waals surface area contributed by atoms with Crippen molar-refractivity contribution in [3.05, 3.63) is 83.2 Å². The molecule has 0 bridgehead atoms. The molecule has 138 valence electrons. The Kier molecular flexibility index (Phi) is 5.52. The van der Waals surface area contributed by atoms with Gasteiger partial charge in [-0.25, -0.2) is 4.39 Å². The first-order chi connectivity index (χ1) is 13.0. The molecule has 0 aliphatic carbocycles. The van der Waals surface area contributed by atoms with Crippen molar-refractivity contribution in [2.75, 3.05) is 12.6 Å². The Morgan fingerprint density at radius 3 is 2.48 bits per heavy atom. The highest BCUT2D eigenvalue weighted by Gasteiger charge is 2.17. The number of hydrogen-bond acceptors (Lipinski definition) is 4. The SMILES string of the molecule is COc1ccc(Cc2ccc(NO)cc2)c(F)c1-c1cccc(C(C)=O)c1. The Morgan fingerprint density at radius 1 is 1.11 bits per heavy atom. The highest BCUT2D eigenvalue weighted by atomic mass is 19.1. The van der Waals surface area contributed by atoms with Crippen LogP contribution in [0.2, 0.25) is 0 Å². The van der Waals surface area contributed by atoms with Gasteiger partial charge in [0, 0.05) is 12.0 Å². The molecule has 0 atom stereocenters. The minimum absolute atomic E-state index is 0.0787. The Bertz CT molecular complexity index is 968. The van der Waals surface area contributed by atoms with Gasteiger partial charge >= 0.3 is 0 Å². The summed E-state index contributed by atoms with van der Waals surface area (Å²) in [6.07, 6.45) is 0.390. The summed E-state index contributed by atoms with van der Waals surface area (Å²) in [4.78, 5) is 11.7. The first-order valence-electron chi connectivity index (χ1n) is 8.49. The van der Waals surface area contributed by atoms with Crippen molar-refractivity contribution in [2.24, 2.45) is 0 Å². The van der Waals surface area contributed by atoms with Crippen LogP contribution in [0, 0.1) is 5.82 Å². The number of anilines is 1. The molecular formula is C22H20FNO3. The minimum atomic E-state index is -0.376. The third-order valence-corrected chi connectivity index (χ3v) is 4.44. The number of carbonyl (C=O) groups excluding carboxylic acids is 1. The van der Waals surface area contributed by atoms with Gasteiger partial charge in [-0.2, -0.15) is 0 Å². The zero-order valence-corrected chi connectivity index (χ0v) is 15.1. The van der Waals surface area contributed by atoms with E-state index in [1.807, 2.05) is 12.1 Å². The van der Waals surface area contributed by atoms with Crippen LogP contribution < -0.4 is 10.2 Å². The molecular weight excluding hydrogens is 345 g/mol. The number of hydrogen-bond donors (Lipinski definition) is 2. The Labute approximate surface area is 157 Å². The lowest BCUT2D eigenvalue weighted by Crippen LogP contribution is -2.00. The van der Waals surface area contributed by atoms with Crippen molar-refractivity contribution in [1.29, 1.82) is 0 Å². The monoisotopic (exact) mass is 365 g/mol. The maximum Gasteiger partial charge on any atom is 0.159 e. The second-order valence-corrected chi connectivity index (χ2v) is 6.24. The molecule has 0 aliphatic heterocycles. The molecule has 3 aromatic rings. The van der Waals surface area contributed by atoms with Gasteiger partial charge in [0.2, 0.25) is 0 Å². The van der Waals surface area contributed by atoms with Crippen molar-refractivity contribution in [3.63, 3.8) is 0 Å². The summed E-state index contributed by atoms with van der Waals surface area (Å²) in [5.41, 5.74) is 5.51. The van der Waals surface area contributed by atoms with Crippen LogP contribution in [0.15, 0.2) is 60.7 Å². The maximum absolute atomic E-state index is 15.4. The predicted octanol–water partition coefficient (Wildman–Crippen LogP) is 5.10. The minimum Gasteiger partial charge on any atom is -0.496 e. The number of Topliss-reactive ketones (excluding diaryl/α,β-unsaturated/α-hetero) is 1. The van der Waals surface area contributed by atoms with Crippen LogP contribution in [0.3, 0.4) is 0 Å². The molecule has 0 radical (unpaired) electrons. The van der Waals surface area contributed by atoms with Gasteiger partial charge in [-0.1, -0.05) is 36.4 Å². The molecule has 0 fully saturated rings. The van der Waals surface area contributed by atoms with Crippen LogP contribution >= 0.6 is 0 Å². The molecule has 0 spiro atoms. The highest BCUT2D eigenvalue weighted by molar-refractivity contribution is 5.95. The number of carbonyl (C=O) groups is 1. The van der Waals surface area contributed by atoms with E-state index < -0.39 is 0 Å². The van der Waals surface area contributed by atoms with Crippen LogP contribution in [0.4, 0.5) is 10.1 Å². The van der Waals surface area contributed by atoms with E-state index >= 15 is 4.39 Å². The predicted molar refractivity (Wildman–Crippen MR) is 103 cm³/mol. The molecule has 0 amide bonds. The third-order valence-electron chi connectivity index (χ3n) is 4.44. The zero-order chi connectivity index (χ0) is 19.4. The number of methoxy groups -OCH3 is 1. The average molecular weight is 365 g/mol. The van der Waals surface area contributed by atoms with Crippen molar-refractivity contribution in [2.45, 2.75) is 13.3 Å². The number of halogens is 1. The Morgan fingerprint density at radius 2 is 1.85 bits per heavy atom. The quantitative estimate of drug-likeness (QED) is 0.472. The molecule has 5 heteroatoms. The fourth-order valence-electron chi connectivity index (χ4n) is 2.99. The summed E-state index contributed by atoms with van der Waals surface area (Å²) >= 11 is 0. The third kappa shape index (κ3) is 3.99. The number of ketones is 1. The zero-order valence-electron chi connectivity index (χ0n) is 15.1. The second-order valence-electron chi connectivity index (χ2n) is 6.24. The lowest BCUT2D eigenvalue weighted by Gasteiger charge is -2.14.